The fraction of sp³-hybridized carbons (Fsp3) is 0.435. The fourth-order valence-corrected chi connectivity index (χ4v) is 4.79. The lowest BCUT2D eigenvalue weighted by Crippen LogP contribution is -2.45. The fourth-order valence-electron chi connectivity index (χ4n) is 4.79. The van der Waals surface area contributed by atoms with Gasteiger partial charge in [-0.1, -0.05) is 12.1 Å². The molecule has 0 radical (unpaired) electrons. The summed E-state index contributed by atoms with van der Waals surface area (Å²) in [5, 5.41) is 2.22. The van der Waals surface area contributed by atoms with Gasteiger partial charge in [-0.3, -0.25) is 10.2 Å². The summed E-state index contributed by atoms with van der Waals surface area (Å²) in [6, 6.07) is 11.0. The van der Waals surface area contributed by atoms with Crippen LogP contribution < -0.4 is 15.1 Å². The number of hydrogen-bond donors (Lipinski definition) is 1. The molecule has 0 aromatic heterocycles. The summed E-state index contributed by atoms with van der Waals surface area (Å²) in [5.74, 6) is 0.932. The summed E-state index contributed by atoms with van der Waals surface area (Å²) in [7, 11) is 5.47. The molecule has 2 atom stereocenters. The molecule has 170 valence electrons. The number of carbonyl (C=O) groups excluding carboxylic acids is 1. The lowest BCUT2D eigenvalue weighted by Gasteiger charge is -2.42. The Hall–Kier alpha value is -1.86. The van der Waals surface area contributed by atoms with Crippen LogP contribution in [0.1, 0.15) is 47.9 Å². The number of hydrogen-bond acceptors (Lipinski definition) is 4. The van der Waals surface area contributed by atoms with Crippen molar-refractivity contribution in [1.82, 2.24) is 10.4 Å². The number of ether oxygens (including phenoxy) is 1. The van der Waals surface area contributed by atoms with Crippen LogP contribution >= 0.6 is 24.8 Å². The predicted molar refractivity (Wildman–Crippen MR) is 126 cm³/mol. The highest BCUT2D eigenvalue weighted by Crippen LogP contribution is 2.47. The molecule has 0 saturated carbocycles. The third-order valence-electron chi connectivity index (χ3n) is 6.30. The smallest absolute Gasteiger partial charge is 0.227 e. The van der Waals surface area contributed by atoms with E-state index in [1.807, 2.05) is 26.2 Å². The molecule has 1 N–H and O–H groups in total. The van der Waals surface area contributed by atoms with Crippen molar-refractivity contribution in [2.75, 3.05) is 32.6 Å². The van der Waals surface area contributed by atoms with Gasteiger partial charge in [0.1, 0.15) is 11.6 Å². The second-order valence-electron chi connectivity index (χ2n) is 7.84. The minimum Gasteiger partial charge on any atom is -0.496 e. The molecule has 2 aliphatic heterocycles. The number of nitrogens with one attached hydrogen (secondary N) is 1. The van der Waals surface area contributed by atoms with Crippen LogP contribution in [0, 0.1) is 5.82 Å². The van der Waals surface area contributed by atoms with E-state index >= 15 is 0 Å². The van der Waals surface area contributed by atoms with Crippen LogP contribution in [0.2, 0.25) is 0 Å². The van der Waals surface area contributed by atoms with Crippen LogP contribution in [0.25, 0.3) is 0 Å². The number of anilines is 1. The molecule has 2 aliphatic rings. The maximum absolute atomic E-state index is 13.6. The molecule has 1 amide bonds. The second-order valence-corrected chi connectivity index (χ2v) is 7.84. The standard InChI is InChI=1S/C23H28FN3O2.2ClH/c1-25-27-12-4-5-18(23(27)15-6-9-17(24)10-7-15)19-14-20-16(13-21(19)29-3)8-11-22(28)26(20)2;;/h6-7,9-10,13-14,18,23,25H,4-5,8,11-12H2,1-3H3;2*1H/t18-,23+;;/m0../s1. The largest absolute Gasteiger partial charge is 0.496 e. The SMILES string of the molecule is CNN1CCC[C@@H](c2cc3c(cc2OC)CCC(=O)N3C)[C@H]1c1ccc(F)cc1.Cl.Cl. The van der Waals surface area contributed by atoms with E-state index in [9.17, 15) is 9.18 Å². The first-order chi connectivity index (χ1) is 14.0. The molecule has 2 heterocycles. The van der Waals surface area contributed by atoms with Gasteiger partial charge in [0.2, 0.25) is 5.91 Å². The summed E-state index contributed by atoms with van der Waals surface area (Å²) in [5.41, 5.74) is 7.59. The van der Waals surface area contributed by atoms with E-state index in [0.29, 0.717) is 6.42 Å². The number of halogens is 3. The van der Waals surface area contributed by atoms with E-state index in [2.05, 4.69) is 22.6 Å². The van der Waals surface area contributed by atoms with Crippen molar-refractivity contribution in [3.05, 3.63) is 58.9 Å². The van der Waals surface area contributed by atoms with Crippen molar-refractivity contribution in [3.63, 3.8) is 0 Å². The number of fused-ring (bicyclic) bond motifs is 1. The van der Waals surface area contributed by atoms with Crippen molar-refractivity contribution < 1.29 is 13.9 Å². The van der Waals surface area contributed by atoms with Gasteiger partial charge in [-0.05, 0) is 61.7 Å². The van der Waals surface area contributed by atoms with Crippen molar-refractivity contribution in [1.29, 1.82) is 0 Å². The highest BCUT2D eigenvalue weighted by atomic mass is 35.5. The first-order valence-electron chi connectivity index (χ1n) is 10.2. The lowest BCUT2D eigenvalue weighted by molar-refractivity contribution is -0.118. The Balaban J connectivity index is 0.00000171. The van der Waals surface area contributed by atoms with Gasteiger partial charge in [0.25, 0.3) is 0 Å². The number of methoxy groups -OCH3 is 1. The van der Waals surface area contributed by atoms with Crippen molar-refractivity contribution in [3.8, 4) is 5.75 Å². The topological polar surface area (TPSA) is 44.8 Å². The number of benzene rings is 2. The third kappa shape index (κ3) is 4.82. The Morgan fingerprint density at radius 1 is 1.13 bits per heavy atom. The van der Waals surface area contributed by atoms with Gasteiger partial charge in [0, 0.05) is 37.2 Å². The van der Waals surface area contributed by atoms with Gasteiger partial charge >= 0.3 is 0 Å². The maximum Gasteiger partial charge on any atom is 0.227 e. The van der Waals surface area contributed by atoms with Crippen LogP contribution in [0.5, 0.6) is 5.75 Å². The summed E-state index contributed by atoms with van der Waals surface area (Å²) in [6.45, 7) is 0.917. The number of carbonyl (C=O) groups is 1. The van der Waals surface area contributed by atoms with E-state index in [4.69, 9.17) is 4.74 Å². The lowest BCUT2D eigenvalue weighted by atomic mass is 9.79. The third-order valence-corrected chi connectivity index (χ3v) is 6.30. The van der Waals surface area contributed by atoms with Gasteiger partial charge in [-0.25, -0.2) is 9.40 Å². The zero-order valence-electron chi connectivity index (χ0n) is 18.1. The molecule has 8 heteroatoms. The van der Waals surface area contributed by atoms with Crippen molar-refractivity contribution in [2.45, 2.75) is 37.6 Å². The Labute approximate surface area is 195 Å². The number of amides is 1. The maximum atomic E-state index is 13.6. The van der Waals surface area contributed by atoms with E-state index in [1.54, 1.807) is 12.0 Å². The molecule has 0 unspecified atom stereocenters. The zero-order chi connectivity index (χ0) is 20.5. The molecule has 2 aromatic rings. The van der Waals surface area contributed by atoms with E-state index in [-0.39, 0.29) is 48.5 Å². The van der Waals surface area contributed by atoms with Crippen molar-refractivity contribution >= 4 is 36.4 Å². The minimum atomic E-state index is -0.233. The number of piperidine rings is 1. The molecule has 1 fully saturated rings. The second kappa shape index (κ2) is 10.6. The highest BCUT2D eigenvalue weighted by Gasteiger charge is 2.36. The molecule has 2 aromatic carbocycles. The first-order valence-corrected chi connectivity index (χ1v) is 10.2. The van der Waals surface area contributed by atoms with Gasteiger partial charge in [-0.2, -0.15) is 0 Å². The Kier molecular flexibility index (Phi) is 8.72. The van der Waals surface area contributed by atoms with Crippen LogP contribution in [0.3, 0.4) is 0 Å². The Bertz CT molecular complexity index is 910. The monoisotopic (exact) mass is 469 g/mol. The van der Waals surface area contributed by atoms with E-state index in [0.717, 1.165) is 53.9 Å². The number of hydrazine groups is 1. The van der Waals surface area contributed by atoms with Gasteiger partial charge in [-0.15, -0.1) is 24.8 Å². The average Bonchev–Trinajstić information content (AvgIpc) is 2.75. The van der Waals surface area contributed by atoms with Crippen LogP contribution in [-0.4, -0.2) is 38.7 Å². The average molecular weight is 470 g/mol. The Morgan fingerprint density at radius 2 is 1.84 bits per heavy atom. The van der Waals surface area contributed by atoms with Gasteiger partial charge in [0.05, 0.1) is 13.2 Å². The molecule has 0 spiro atoms. The van der Waals surface area contributed by atoms with Gasteiger partial charge < -0.3 is 9.64 Å². The minimum absolute atomic E-state index is 0. The molecule has 4 rings (SSSR count). The molecule has 0 aliphatic carbocycles. The van der Waals surface area contributed by atoms with Crippen molar-refractivity contribution in [2.24, 2.45) is 0 Å². The number of nitrogens with zero attached hydrogens (tertiary/aromatic N) is 2. The number of aryl methyl sites for hydroxylation is 1. The Morgan fingerprint density at radius 3 is 2.48 bits per heavy atom. The molecule has 1 saturated heterocycles. The molecular formula is C23H30Cl2FN3O2. The van der Waals surface area contributed by atoms with E-state index < -0.39 is 0 Å². The summed E-state index contributed by atoms with van der Waals surface area (Å²) < 4.78 is 19.3. The van der Waals surface area contributed by atoms with Crippen LogP contribution in [-0.2, 0) is 11.2 Å². The molecule has 31 heavy (non-hydrogen) atoms. The summed E-state index contributed by atoms with van der Waals surface area (Å²) in [6.07, 6.45) is 3.30. The summed E-state index contributed by atoms with van der Waals surface area (Å²) in [4.78, 5) is 14.0. The zero-order valence-corrected chi connectivity index (χ0v) is 19.7. The molecular weight excluding hydrogens is 440 g/mol. The quantitative estimate of drug-likeness (QED) is 0.707. The van der Waals surface area contributed by atoms with E-state index in [1.165, 1.54) is 12.1 Å². The van der Waals surface area contributed by atoms with Gasteiger partial charge in [0.15, 0.2) is 0 Å². The summed E-state index contributed by atoms with van der Waals surface area (Å²) >= 11 is 0. The van der Waals surface area contributed by atoms with Crippen LogP contribution in [0.15, 0.2) is 36.4 Å². The number of rotatable bonds is 4. The molecule has 5 nitrogen and oxygen atoms in total. The normalized spacial score (nSPS) is 21.0. The first kappa shape index (κ1) is 25.4. The van der Waals surface area contributed by atoms with Crippen LogP contribution in [0.4, 0.5) is 10.1 Å². The predicted octanol–water partition coefficient (Wildman–Crippen LogP) is 4.64. The highest BCUT2D eigenvalue weighted by molar-refractivity contribution is 5.96. The molecule has 0 bridgehead atoms.